The van der Waals surface area contributed by atoms with Crippen LogP contribution < -0.4 is 0 Å². The molecule has 4 heteroatoms. The Bertz CT molecular complexity index is 414. The van der Waals surface area contributed by atoms with E-state index in [0.29, 0.717) is 13.0 Å². The Labute approximate surface area is 95.0 Å². The number of benzene rings is 1. The van der Waals surface area contributed by atoms with Crippen molar-refractivity contribution in [2.75, 3.05) is 6.54 Å². The topological polar surface area (TPSA) is 61.1 Å². The van der Waals surface area contributed by atoms with Crippen LogP contribution in [0.5, 0.6) is 0 Å². The first-order valence-corrected chi connectivity index (χ1v) is 5.12. The molecule has 0 spiro atoms. The SMILES string of the molecule is CC=C(CCN=[N+]=[N-])N=Cc1ccccc1. The number of azide groups is 1. The Hall–Kier alpha value is -2.06. The Morgan fingerprint density at radius 2 is 2.12 bits per heavy atom. The molecule has 0 aromatic heterocycles. The van der Waals surface area contributed by atoms with Crippen LogP contribution in [0, 0.1) is 0 Å². The van der Waals surface area contributed by atoms with Crippen molar-refractivity contribution >= 4 is 6.21 Å². The lowest BCUT2D eigenvalue weighted by molar-refractivity contribution is 0.925. The molecule has 4 nitrogen and oxygen atoms in total. The smallest absolute Gasteiger partial charge is 0.0362 e. The normalized spacial score (nSPS) is 11.4. The molecule has 0 radical (unpaired) electrons. The summed E-state index contributed by atoms with van der Waals surface area (Å²) in [5.74, 6) is 0. The van der Waals surface area contributed by atoms with Gasteiger partial charge in [-0.3, -0.25) is 4.99 Å². The van der Waals surface area contributed by atoms with Crippen LogP contribution in [0.25, 0.3) is 10.4 Å². The van der Waals surface area contributed by atoms with Gasteiger partial charge in [0.05, 0.1) is 0 Å². The highest BCUT2D eigenvalue weighted by molar-refractivity contribution is 5.80. The van der Waals surface area contributed by atoms with Crippen molar-refractivity contribution in [2.24, 2.45) is 10.1 Å². The second kappa shape index (κ2) is 7.26. The molecule has 1 aromatic carbocycles. The van der Waals surface area contributed by atoms with Gasteiger partial charge in [-0.1, -0.05) is 41.5 Å². The molecule has 0 saturated heterocycles. The first kappa shape index (κ1) is 12.0. The van der Waals surface area contributed by atoms with Crippen LogP contribution >= 0.6 is 0 Å². The van der Waals surface area contributed by atoms with E-state index in [4.69, 9.17) is 5.53 Å². The van der Waals surface area contributed by atoms with Gasteiger partial charge in [0.2, 0.25) is 0 Å². The molecular formula is C12H14N4. The van der Waals surface area contributed by atoms with E-state index in [1.807, 2.05) is 49.5 Å². The van der Waals surface area contributed by atoms with E-state index in [2.05, 4.69) is 15.0 Å². The molecule has 0 heterocycles. The van der Waals surface area contributed by atoms with E-state index in [9.17, 15) is 0 Å². The van der Waals surface area contributed by atoms with E-state index in [1.165, 1.54) is 0 Å². The third-order valence-corrected chi connectivity index (χ3v) is 2.04. The lowest BCUT2D eigenvalue weighted by Gasteiger charge is -1.97. The molecule has 0 aliphatic heterocycles. The Morgan fingerprint density at radius 1 is 1.38 bits per heavy atom. The molecule has 0 saturated carbocycles. The fourth-order valence-corrected chi connectivity index (χ4v) is 1.19. The Balaban J connectivity index is 2.57. The minimum absolute atomic E-state index is 0.447. The van der Waals surface area contributed by atoms with Crippen LogP contribution in [0.4, 0.5) is 0 Å². The fourth-order valence-electron chi connectivity index (χ4n) is 1.19. The predicted octanol–water partition coefficient (Wildman–Crippen LogP) is 3.71. The van der Waals surface area contributed by atoms with Crippen molar-refractivity contribution in [1.29, 1.82) is 0 Å². The number of allylic oxidation sites excluding steroid dienone is 1. The van der Waals surface area contributed by atoms with Gasteiger partial charge in [-0.2, -0.15) is 0 Å². The van der Waals surface area contributed by atoms with Gasteiger partial charge in [0.1, 0.15) is 0 Å². The fraction of sp³-hybridized carbons (Fsp3) is 0.250. The van der Waals surface area contributed by atoms with Gasteiger partial charge in [-0.15, -0.1) is 0 Å². The van der Waals surface area contributed by atoms with Crippen molar-refractivity contribution in [3.05, 3.63) is 58.1 Å². The quantitative estimate of drug-likeness (QED) is 0.310. The van der Waals surface area contributed by atoms with Crippen molar-refractivity contribution in [3.8, 4) is 0 Å². The number of aliphatic imine (C=N–C) groups is 1. The van der Waals surface area contributed by atoms with E-state index in [1.54, 1.807) is 0 Å². The summed E-state index contributed by atoms with van der Waals surface area (Å²) >= 11 is 0. The minimum atomic E-state index is 0.447. The number of nitrogens with zero attached hydrogens (tertiary/aromatic N) is 4. The molecule has 0 aliphatic carbocycles. The zero-order chi connectivity index (χ0) is 11.6. The van der Waals surface area contributed by atoms with Crippen molar-refractivity contribution < 1.29 is 0 Å². The molecular weight excluding hydrogens is 200 g/mol. The maximum Gasteiger partial charge on any atom is 0.0362 e. The number of hydrogen-bond donors (Lipinski definition) is 0. The molecule has 82 valence electrons. The Morgan fingerprint density at radius 3 is 2.75 bits per heavy atom. The zero-order valence-electron chi connectivity index (χ0n) is 9.24. The van der Waals surface area contributed by atoms with Crippen LogP contribution in [0.3, 0.4) is 0 Å². The molecule has 0 aliphatic rings. The molecule has 0 atom stereocenters. The van der Waals surface area contributed by atoms with Crippen LogP contribution in [-0.4, -0.2) is 12.8 Å². The van der Waals surface area contributed by atoms with Crippen molar-refractivity contribution in [1.82, 2.24) is 0 Å². The summed E-state index contributed by atoms with van der Waals surface area (Å²) in [5, 5.41) is 3.48. The summed E-state index contributed by atoms with van der Waals surface area (Å²) in [6, 6.07) is 9.89. The maximum absolute atomic E-state index is 8.16. The van der Waals surface area contributed by atoms with E-state index in [-0.39, 0.29) is 0 Å². The summed E-state index contributed by atoms with van der Waals surface area (Å²) in [4.78, 5) is 7.04. The standard InChI is InChI=1S/C12H14N4/c1-2-12(8-9-15-16-13)14-10-11-6-4-3-5-7-11/h2-7,10H,8-9H2,1H3. The average Bonchev–Trinajstić information content (AvgIpc) is 2.35. The minimum Gasteiger partial charge on any atom is -0.261 e. The van der Waals surface area contributed by atoms with Crippen LogP contribution in [0.2, 0.25) is 0 Å². The monoisotopic (exact) mass is 214 g/mol. The van der Waals surface area contributed by atoms with Crippen LogP contribution in [-0.2, 0) is 0 Å². The lowest BCUT2D eigenvalue weighted by Crippen LogP contribution is -1.86. The second-order valence-electron chi connectivity index (χ2n) is 3.15. The van der Waals surface area contributed by atoms with E-state index < -0.39 is 0 Å². The molecule has 1 rings (SSSR count). The number of hydrogen-bond acceptors (Lipinski definition) is 2. The van der Waals surface area contributed by atoms with Crippen LogP contribution in [0.1, 0.15) is 18.9 Å². The summed E-state index contributed by atoms with van der Waals surface area (Å²) in [6.45, 7) is 2.37. The van der Waals surface area contributed by atoms with Crippen molar-refractivity contribution in [3.63, 3.8) is 0 Å². The highest BCUT2D eigenvalue weighted by atomic mass is 15.1. The van der Waals surface area contributed by atoms with E-state index in [0.717, 1.165) is 11.3 Å². The van der Waals surface area contributed by atoms with Gasteiger partial charge in [-0.25, -0.2) is 0 Å². The van der Waals surface area contributed by atoms with E-state index >= 15 is 0 Å². The second-order valence-corrected chi connectivity index (χ2v) is 3.15. The van der Waals surface area contributed by atoms with Crippen LogP contribution in [0.15, 0.2) is 52.2 Å². The highest BCUT2D eigenvalue weighted by Crippen LogP contribution is 2.04. The summed E-state index contributed by atoms with van der Waals surface area (Å²) in [5.41, 5.74) is 10.1. The predicted molar refractivity (Wildman–Crippen MR) is 66.4 cm³/mol. The highest BCUT2D eigenvalue weighted by Gasteiger charge is 1.91. The number of rotatable bonds is 5. The van der Waals surface area contributed by atoms with Gasteiger partial charge >= 0.3 is 0 Å². The molecule has 16 heavy (non-hydrogen) atoms. The largest absolute Gasteiger partial charge is 0.261 e. The van der Waals surface area contributed by atoms with Gasteiger partial charge in [-0.05, 0) is 24.4 Å². The average molecular weight is 214 g/mol. The molecule has 0 unspecified atom stereocenters. The Kier molecular flexibility index (Phi) is 5.45. The zero-order valence-corrected chi connectivity index (χ0v) is 9.24. The molecule has 0 bridgehead atoms. The molecule has 1 aromatic rings. The lowest BCUT2D eigenvalue weighted by atomic mass is 10.2. The first-order chi connectivity index (χ1) is 7.86. The summed E-state index contributed by atoms with van der Waals surface area (Å²) in [7, 11) is 0. The molecule has 0 amide bonds. The van der Waals surface area contributed by atoms with Gasteiger partial charge in [0, 0.05) is 23.4 Å². The van der Waals surface area contributed by atoms with Gasteiger partial charge in [0.25, 0.3) is 0 Å². The summed E-state index contributed by atoms with van der Waals surface area (Å²) < 4.78 is 0. The summed E-state index contributed by atoms with van der Waals surface area (Å²) in [6.07, 6.45) is 4.40. The third-order valence-electron chi connectivity index (χ3n) is 2.04. The first-order valence-electron chi connectivity index (χ1n) is 5.12. The van der Waals surface area contributed by atoms with Crippen molar-refractivity contribution in [2.45, 2.75) is 13.3 Å². The van der Waals surface area contributed by atoms with Gasteiger partial charge in [0.15, 0.2) is 0 Å². The molecule has 0 N–H and O–H groups in total. The maximum atomic E-state index is 8.16. The molecule has 0 fully saturated rings. The van der Waals surface area contributed by atoms with Gasteiger partial charge < -0.3 is 0 Å². The third kappa shape index (κ3) is 4.44.